The van der Waals surface area contributed by atoms with E-state index in [4.69, 9.17) is 15.2 Å². The van der Waals surface area contributed by atoms with Crippen LogP contribution < -0.4 is 20.5 Å². The van der Waals surface area contributed by atoms with Crippen LogP contribution in [0.4, 0.5) is 0 Å². The number of guanidine groups is 1. The molecule has 1 aromatic carbocycles. The van der Waals surface area contributed by atoms with Gasteiger partial charge >= 0.3 is 0 Å². The number of rotatable bonds is 8. The minimum absolute atomic E-state index is 0.521. The number of aliphatic imine (C=N–C) groups is 1. The summed E-state index contributed by atoms with van der Waals surface area (Å²) in [5, 5.41) is 3.17. The second-order valence-electron chi connectivity index (χ2n) is 6.04. The highest BCUT2D eigenvalue weighted by Crippen LogP contribution is 2.27. The molecule has 0 radical (unpaired) electrons. The average molecular weight is 334 g/mol. The molecular weight excluding hydrogens is 304 g/mol. The third-order valence-corrected chi connectivity index (χ3v) is 4.31. The molecule has 0 saturated carbocycles. The average Bonchev–Trinajstić information content (AvgIpc) is 2.62. The third-order valence-electron chi connectivity index (χ3n) is 4.31. The first-order valence-corrected chi connectivity index (χ1v) is 8.70. The molecule has 1 saturated heterocycles. The molecule has 2 rings (SSSR count). The van der Waals surface area contributed by atoms with Crippen LogP contribution in [-0.4, -0.2) is 57.8 Å². The first-order valence-electron chi connectivity index (χ1n) is 8.70. The van der Waals surface area contributed by atoms with E-state index in [2.05, 4.69) is 15.2 Å². The molecular formula is C18H30N4O2. The summed E-state index contributed by atoms with van der Waals surface area (Å²) < 4.78 is 10.6. The first kappa shape index (κ1) is 18.4. The van der Waals surface area contributed by atoms with E-state index in [1.54, 1.807) is 14.2 Å². The zero-order valence-corrected chi connectivity index (χ0v) is 14.9. The lowest BCUT2D eigenvalue weighted by atomic mass is 10.1. The summed E-state index contributed by atoms with van der Waals surface area (Å²) in [4.78, 5) is 6.87. The van der Waals surface area contributed by atoms with Gasteiger partial charge in [-0.15, -0.1) is 0 Å². The van der Waals surface area contributed by atoms with Crippen LogP contribution in [0.3, 0.4) is 0 Å². The fraction of sp³-hybridized carbons (Fsp3) is 0.611. The van der Waals surface area contributed by atoms with E-state index in [1.165, 1.54) is 37.9 Å². The highest BCUT2D eigenvalue weighted by Gasteiger charge is 2.08. The van der Waals surface area contributed by atoms with Crippen LogP contribution >= 0.6 is 0 Å². The van der Waals surface area contributed by atoms with Crippen LogP contribution in [0, 0.1) is 0 Å². The van der Waals surface area contributed by atoms with E-state index >= 15 is 0 Å². The van der Waals surface area contributed by atoms with Crippen molar-refractivity contribution >= 4 is 5.96 Å². The summed E-state index contributed by atoms with van der Waals surface area (Å²) in [7, 11) is 3.28. The Morgan fingerprint density at radius 1 is 1.17 bits per heavy atom. The van der Waals surface area contributed by atoms with Crippen molar-refractivity contribution in [2.24, 2.45) is 10.7 Å². The van der Waals surface area contributed by atoms with Crippen LogP contribution in [0.2, 0.25) is 0 Å². The molecule has 6 nitrogen and oxygen atoms in total. The predicted octanol–water partition coefficient (Wildman–Crippen LogP) is 1.64. The monoisotopic (exact) mass is 334 g/mol. The van der Waals surface area contributed by atoms with Crippen LogP contribution in [0.5, 0.6) is 11.5 Å². The molecule has 1 heterocycles. The Labute approximate surface area is 145 Å². The summed E-state index contributed by atoms with van der Waals surface area (Å²) in [6.45, 7) is 4.89. The Balaban J connectivity index is 1.69. The van der Waals surface area contributed by atoms with E-state index in [1.807, 2.05) is 18.2 Å². The van der Waals surface area contributed by atoms with Gasteiger partial charge in [0.05, 0.1) is 20.8 Å². The molecule has 0 amide bonds. The Morgan fingerprint density at radius 3 is 2.62 bits per heavy atom. The van der Waals surface area contributed by atoms with Gasteiger partial charge in [-0.05, 0) is 50.0 Å². The van der Waals surface area contributed by atoms with Crippen molar-refractivity contribution in [3.63, 3.8) is 0 Å². The zero-order valence-electron chi connectivity index (χ0n) is 14.9. The van der Waals surface area contributed by atoms with Gasteiger partial charge in [-0.25, -0.2) is 0 Å². The lowest BCUT2D eigenvalue weighted by Gasteiger charge is -2.25. The number of hydrogen-bond donors (Lipinski definition) is 2. The second-order valence-corrected chi connectivity index (χ2v) is 6.04. The largest absolute Gasteiger partial charge is 0.493 e. The van der Waals surface area contributed by atoms with Crippen molar-refractivity contribution < 1.29 is 9.47 Å². The predicted molar refractivity (Wildman–Crippen MR) is 98.0 cm³/mol. The molecule has 1 aliphatic rings. The van der Waals surface area contributed by atoms with Crippen LogP contribution in [-0.2, 0) is 6.42 Å². The Hall–Kier alpha value is -1.95. The molecule has 0 unspecified atom stereocenters. The van der Waals surface area contributed by atoms with Gasteiger partial charge in [-0.2, -0.15) is 0 Å². The van der Waals surface area contributed by atoms with E-state index in [-0.39, 0.29) is 0 Å². The molecule has 6 heteroatoms. The minimum Gasteiger partial charge on any atom is -0.493 e. The van der Waals surface area contributed by atoms with E-state index in [0.717, 1.165) is 37.6 Å². The van der Waals surface area contributed by atoms with E-state index in [0.29, 0.717) is 5.96 Å². The zero-order chi connectivity index (χ0) is 17.2. The fourth-order valence-electron chi connectivity index (χ4n) is 2.92. The van der Waals surface area contributed by atoms with Crippen molar-refractivity contribution in [2.75, 3.05) is 46.9 Å². The van der Waals surface area contributed by atoms with Crippen molar-refractivity contribution in [1.82, 2.24) is 10.2 Å². The summed E-state index contributed by atoms with van der Waals surface area (Å²) >= 11 is 0. The minimum atomic E-state index is 0.521. The molecule has 0 spiro atoms. The van der Waals surface area contributed by atoms with Crippen molar-refractivity contribution in [2.45, 2.75) is 25.7 Å². The number of hydrogen-bond acceptors (Lipinski definition) is 4. The molecule has 1 aliphatic heterocycles. The quantitative estimate of drug-likeness (QED) is 0.558. The highest BCUT2D eigenvalue weighted by atomic mass is 16.5. The maximum Gasteiger partial charge on any atom is 0.188 e. The number of piperidine rings is 1. The fourth-order valence-corrected chi connectivity index (χ4v) is 2.92. The number of likely N-dealkylation sites (tertiary alicyclic amines) is 1. The number of ether oxygens (including phenoxy) is 2. The Kier molecular flexibility index (Phi) is 7.68. The van der Waals surface area contributed by atoms with Gasteiger partial charge in [0.15, 0.2) is 17.5 Å². The standard InChI is InChI=1S/C18H30N4O2/c1-23-16-7-6-15(14-17(16)24-2)8-9-20-18(19)21-10-13-22-11-4-3-5-12-22/h6-7,14H,3-5,8-13H2,1-2H3,(H3,19,20,21). The van der Waals surface area contributed by atoms with Crippen molar-refractivity contribution in [1.29, 1.82) is 0 Å². The van der Waals surface area contributed by atoms with Gasteiger partial charge in [-0.1, -0.05) is 12.5 Å². The number of nitrogens with two attached hydrogens (primary N) is 1. The van der Waals surface area contributed by atoms with Crippen LogP contribution in [0.25, 0.3) is 0 Å². The molecule has 24 heavy (non-hydrogen) atoms. The molecule has 3 N–H and O–H groups in total. The lowest BCUT2D eigenvalue weighted by molar-refractivity contribution is 0.235. The SMILES string of the molecule is COc1ccc(CCNC(N)=NCCN2CCCCC2)cc1OC. The summed E-state index contributed by atoms with van der Waals surface area (Å²) in [6.07, 6.45) is 4.83. The maximum absolute atomic E-state index is 5.93. The van der Waals surface area contributed by atoms with Crippen LogP contribution in [0.1, 0.15) is 24.8 Å². The first-order chi connectivity index (χ1) is 11.7. The topological polar surface area (TPSA) is 72.1 Å². The highest BCUT2D eigenvalue weighted by molar-refractivity contribution is 5.77. The summed E-state index contributed by atoms with van der Waals surface area (Å²) in [5.41, 5.74) is 7.10. The molecule has 0 atom stereocenters. The molecule has 0 aromatic heterocycles. The smallest absolute Gasteiger partial charge is 0.188 e. The van der Waals surface area contributed by atoms with Gasteiger partial charge in [-0.3, -0.25) is 4.99 Å². The molecule has 1 aromatic rings. The number of nitrogens with one attached hydrogen (secondary N) is 1. The Morgan fingerprint density at radius 2 is 1.92 bits per heavy atom. The van der Waals surface area contributed by atoms with Gasteiger partial charge < -0.3 is 25.4 Å². The number of benzene rings is 1. The summed E-state index contributed by atoms with van der Waals surface area (Å²) in [5.74, 6) is 2.01. The second kappa shape index (κ2) is 10.0. The van der Waals surface area contributed by atoms with Crippen molar-refractivity contribution in [3.05, 3.63) is 23.8 Å². The normalized spacial score (nSPS) is 16.0. The van der Waals surface area contributed by atoms with Gasteiger partial charge in [0.2, 0.25) is 0 Å². The Bertz CT molecular complexity index is 528. The number of nitrogens with zero attached hydrogens (tertiary/aromatic N) is 2. The van der Waals surface area contributed by atoms with Gasteiger partial charge in [0.1, 0.15) is 0 Å². The molecule has 0 bridgehead atoms. The van der Waals surface area contributed by atoms with E-state index in [9.17, 15) is 0 Å². The molecule has 0 aliphatic carbocycles. The maximum atomic E-state index is 5.93. The van der Waals surface area contributed by atoms with Crippen molar-refractivity contribution in [3.8, 4) is 11.5 Å². The van der Waals surface area contributed by atoms with Crippen LogP contribution in [0.15, 0.2) is 23.2 Å². The number of methoxy groups -OCH3 is 2. The molecule has 134 valence electrons. The summed E-state index contributed by atoms with van der Waals surface area (Å²) in [6, 6.07) is 5.95. The van der Waals surface area contributed by atoms with Gasteiger partial charge in [0.25, 0.3) is 0 Å². The third kappa shape index (κ3) is 5.92. The molecule has 1 fully saturated rings. The lowest BCUT2D eigenvalue weighted by Crippen LogP contribution is -2.35. The van der Waals surface area contributed by atoms with Gasteiger partial charge in [0, 0.05) is 13.1 Å². The van der Waals surface area contributed by atoms with E-state index < -0.39 is 0 Å².